The summed E-state index contributed by atoms with van der Waals surface area (Å²) in [5, 5.41) is 0.569. The van der Waals surface area contributed by atoms with Gasteiger partial charge in [-0.2, -0.15) is 4.99 Å². The molecule has 1 aliphatic carbocycles. The van der Waals surface area contributed by atoms with Gasteiger partial charge in [0, 0.05) is 36.8 Å². The molecule has 30 heavy (non-hydrogen) atoms. The van der Waals surface area contributed by atoms with Crippen molar-refractivity contribution >= 4 is 35.1 Å². The zero-order chi connectivity index (χ0) is 21.5. The number of guanidine groups is 1. The Morgan fingerprint density at radius 1 is 1.07 bits per heavy atom. The van der Waals surface area contributed by atoms with E-state index in [2.05, 4.69) is 30.8 Å². The number of piperazine rings is 1. The SMILES string of the molecule is CC(C)(C)c1cc(Cl)cc(C(=O)N2CCN(C3=NC(=O)C4C=CC=CC4=N3)CC2)c1. The average molecular weight is 425 g/mol. The van der Waals surface area contributed by atoms with Gasteiger partial charge in [-0.25, -0.2) is 4.99 Å². The lowest BCUT2D eigenvalue weighted by Crippen LogP contribution is -2.51. The van der Waals surface area contributed by atoms with Crippen LogP contribution in [0.2, 0.25) is 5.02 Å². The van der Waals surface area contributed by atoms with Crippen molar-refractivity contribution < 1.29 is 9.59 Å². The largest absolute Gasteiger partial charge is 0.337 e. The molecule has 0 spiro atoms. The monoisotopic (exact) mass is 424 g/mol. The summed E-state index contributed by atoms with van der Waals surface area (Å²) in [6.07, 6.45) is 7.38. The first kappa shape index (κ1) is 20.5. The summed E-state index contributed by atoms with van der Waals surface area (Å²) in [4.78, 5) is 37.9. The maximum atomic E-state index is 13.1. The maximum absolute atomic E-state index is 13.1. The van der Waals surface area contributed by atoms with Crippen molar-refractivity contribution in [2.45, 2.75) is 26.2 Å². The molecular formula is C23H25ClN4O2. The minimum Gasteiger partial charge on any atom is -0.337 e. The number of aliphatic imine (C=N–C) groups is 2. The highest BCUT2D eigenvalue weighted by Gasteiger charge is 2.31. The van der Waals surface area contributed by atoms with E-state index < -0.39 is 0 Å². The highest BCUT2D eigenvalue weighted by Crippen LogP contribution is 2.27. The fourth-order valence-corrected chi connectivity index (χ4v) is 3.97. The lowest BCUT2D eigenvalue weighted by Gasteiger charge is -2.36. The minimum atomic E-state index is -0.374. The Bertz CT molecular complexity index is 1010. The number of fused-ring (bicyclic) bond motifs is 1. The zero-order valence-corrected chi connectivity index (χ0v) is 18.2. The number of hydrogen-bond donors (Lipinski definition) is 0. The van der Waals surface area contributed by atoms with Crippen LogP contribution in [0, 0.1) is 5.92 Å². The van der Waals surface area contributed by atoms with Gasteiger partial charge in [0.25, 0.3) is 11.8 Å². The second-order valence-corrected chi connectivity index (χ2v) is 9.20. The molecule has 6 nitrogen and oxygen atoms in total. The highest BCUT2D eigenvalue weighted by molar-refractivity contribution is 6.31. The van der Waals surface area contributed by atoms with Gasteiger partial charge in [0.15, 0.2) is 0 Å². The number of amides is 2. The Balaban J connectivity index is 1.45. The van der Waals surface area contributed by atoms with Crippen LogP contribution in [0.25, 0.3) is 0 Å². The molecule has 1 atom stereocenters. The quantitative estimate of drug-likeness (QED) is 0.693. The highest BCUT2D eigenvalue weighted by atomic mass is 35.5. The molecule has 0 saturated carbocycles. The van der Waals surface area contributed by atoms with Crippen LogP contribution < -0.4 is 0 Å². The maximum Gasteiger partial charge on any atom is 0.261 e. The molecule has 0 N–H and O–H groups in total. The van der Waals surface area contributed by atoms with Gasteiger partial charge in [-0.3, -0.25) is 9.59 Å². The number of hydrogen-bond acceptors (Lipinski definition) is 4. The van der Waals surface area contributed by atoms with E-state index in [1.807, 2.05) is 46.2 Å². The Morgan fingerprint density at radius 2 is 1.80 bits per heavy atom. The summed E-state index contributed by atoms with van der Waals surface area (Å²) in [7, 11) is 0. The molecule has 1 fully saturated rings. The van der Waals surface area contributed by atoms with Crippen molar-refractivity contribution in [1.82, 2.24) is 9.80 Å². The third-order valence-corrected chi connectivity index (χ3v) is 5.78. The number of carbonyl (C=O) groups excluding carboxylic acids is 2. The number of halogens is 1. The van der Waals surface area contributed by atoms with Crippen LogP contribution in [-0.4, -0.2) is 59.5 Å². The molecule has 4 rings (SSSR count). The predicted molar refractivity (Wildman–Crippen MR) is 119 cm³/mol. The summed E-state index contributed by atoms with van der Waals surface area (Å²) in [6.45, 7) is 8.52. The summed E-state index contributed by atoms with van der Waals surface area (Å²) in [6, 6.07) is 5.57. The van der Waals surface area contributed by atoms with E-state index >= 15 is 0 Å². The Kier molecular flexibility index (Phi) is 5.36. The van der Waals surface area contributed by atoms with Crippen LogP contribution in [0.5, 0.6) is 0 Å². The molecule has 156 valence electrons. The number of nitrogens with zero attached hydrogens (tertiary/aromatic N) is 4. The molecule has 2 heterocycles. The molecule has 0 bridgehead atoms. The second kappa shape index (κ2) is 7.84. The van der Waals surface area contributed by atoms with Gasteiger partial charge in [-0.05, 0) is 35.3 Å². The normalized spacial score (nSPS) is 21.3. The summed E-state index contributed by atoms with van der Waals surface area (Å²) < 4.78 is 0. The summed E-state index contributed by atoms with van der Waals surface area (Å²) in [5.41, 5.74) is 2.27. The molecule has 2 aliphatic heterocycles. The summed E-state index contributed by atoms with van der Waals surface area (Å²) in [5.74, 6) is -0.156. The average Bonchev–Trinajstić information content (AvgIpc) is 2.72. The number of allylic oxidation sites excluding steroid dienone is 3. The van der Waals surface area contributed by atoms with E-state index in [0.29, 0.717) is 42.7 Å². The lowest BCUT2D eigenvalue weighted by molar-refractivity contribution is -0.118. The van der Waals surface area contributed by atoms with Gasteiger partial charge in [-0.15, -0.1) is 0 Å². The van der Waals surface area contributed by atoms with Crippen molar-refractivity contribution in [1.29, 1.82) is 0 Å². The lowest BCUT2D eigenvalue weighted by atomic mass is 9.86. The first-order chi connectivity index (χ1) is 14.2. The van der Waals surface area contributed by atoms with E-state index in [-0.39, 0.29) is 23.1 Å². The minimum absolute atomic E-state index is 0.0314. The molecule has 1 saturated heterocycles. The van der Waals surface area contributed by atoms with Crippen molar-refractivity contribution in [3.05, 3.63) is 58.7 Å². The van der Waals surface area contributed by atoms with E-state index in [1.165, 1.54) is 0 Å². The van der Waals surface area contributed by atoms with Gasteiger partial charge in [0.2, 0.25) is 5.96 Å². The Labute approximate surface area is 181 Å². The number of carbonyl (C=O) groups is 2. The van der Waals surface area contributed by atoms with Crippen LogP contribution in [0.15, 0.2) is 52.5 Å². The van der Waals surface area contributed by atoms with Gasteiger partial charge < -0.3 is 9.80 Å². The van der Waals surface area contributed by atoms with Crippen molar-refractivity contribution in [3.63, 3.8) is 0 Å². The topological polar surface area (TPSA) is 65.3 Å². The van der Waals surface area contributed by atoms with Crippen molar-refractivity contribution in [3.8, 4) is 0 Å². The van der Waals surface area contributed by atoms with E-state index in [1.54, 1.807) is 6.07 Å². The second-order valence-electron chi connectivity index (χ2n) is 8.77. The molecule has 7 heteroatoms. The fourth-order valence-electron chi connectivity index (χ4n) is 3.74. The number of benzene rings is 1. The van der Waals surface area contributed by atoms with Crippen LogP contribution in [0.1, 0.15) is 36.7 Å². The Morgan fingerprint density at radius 3 is 2.50 bits per heavy atom. The third-order valence-electron chi connectivity index (χ3n) is 5.57. The molecule has 1 aromatic rings. The third kappa shape index (κ3) is 4.10. The summed E-state index contributed by atoms with van der Waals surface area (Å²) >= 11 is 6.28. The molecule has 1 unspecified atom stereocenters. The fraction of sp³-hybridized carbons (Fsp3) is 0.391. The molecule has 1 aromatic carbocycles. The smallest absolute Gasteiger partial charge is 0.261 e. The van der Waals surface area contributed by atoms with Gasteiger partial charge in [0.1, 0.15) is 5.92 Å². The van der Waals surface area contributed by atoms with Crippen LogP contribution in [0.3, 0.4) is 0 Å². The Hall–Kier alpha value is -2.73. The van der Waals surface area contributed by atoms with Gasteiger partial charge >= 0.3 is 0 Å². The van der Waals surface area contributed by atoms with Crippen molar-refractivity contribution in [2.24, 2.45) is 15.9 Å². The van der Waals surface area contributed by atoms with Gasteiger partial charge in [0.05, 0.1) is 5.71 Å². The zero-order valence-electron chi connectivity index (χ0n) is 17.4. The standard InChI is InChI=1S/C23H25ClN4O2/c1-23(2,3)16-12-15(13-17(24)14-16)21(30)27-8-10-28(11-9-27)22-25-19-7-5-4-6-18(19)20(29)26-22/h4-7,12-14,18H,8-11H2,1-3H3. The molecular weight excluding hydrogens is 400 g/mol. The first-order valence-electron chi connectivity index (χ1n) is 10.1. The van der Waals surface area contributed by atoms with Gasteiger partial charge in [-0.1, -0.05) is 50.6 Å². The molecule has 3 aliphatic rings. The van der Waals surface area contributed by atoms with Crippen LogP contribution >= 0.6 is 11.6 Å². The molecule has 2 amide bonds. The van der Waals surface area contributed by atoms with Crippen LogP contribution in [0.4, 0.5) is 0 Å². The first-order valence-corrected chi connectivity index (χ1v) is 10.5. The van der Waals surface area contributed by atoms with E-state index in [4.69, 9.17) is 11.6 Å². The van der Waals surface area contributed by atoms with E-state index in [9.17, 15) is 9.59 Å². The number of rotatable bonds is 1. The molecule has 0 aromatic heterocycles. The van der Waals surface area contributed by atoms with E-state index in [0.717, 1.165) is 11.3 Å². The van der Waals surface area contributed by atoms with Crippen LogP contribution in [-0.2, 0) is 10.2 Å². The van der Waals surface area contributed by atoms with Crippen molar-refractivity contribution in [2.75, 3.05) is 26.2 Å². The predicted octanol–water partition coefficient (Wildman–Crippen LogP) is 3.47. The molecule has 0 radical (unpaired) electrons.